The normalized spacial score (nSPS) is 19.5. The molecule has 2 aromatic rings. The molecule has 0 radical (unpaired) electrons. The molecule has 1 fully saturated rings. The van der Waals surface area contributed by atoms with Gasteiger partial charge in [0.25, 0.3) is 0 Å². The van der Waals surface area contributed by atoms with Gasteiger partial charge in [-0.15, -0.1) is 0 Å². The Labute approximate surface area is 133 Å². The summed E-state index contributed by atoms with van der Waals surface area (Å²) in [7, 11) is 1.88. The molecule has 2 heterocycles. The van der Waals surface area contributed by atoms with E-state index in [2.05, 4.69) is 16.9 Å². The van der Waals surface area contributed by atoms with E-state index in [-0.39, 0.29) is 11.9 Å². The number of hydrogen-bond acceptors (Lipinski definition) is 4. The van der Waals surface area contributed by atoms with Crippen LogP contribution in [0.5, 0.6) is 0 Å². The van der Waals surface area contributed by atoms with E-state index in [1.807, 2.05) is 16.3 Å². The Hall–Kier alpha value is -1.57. The van der Waals surface area contributed by atoms with Crippen molar-refractivity contribution in [2.24, 2.45) is 7.05 Å². The van der Waals surface area contributed by atoms with Crippen LogP contribution in [-0.2, 0) is 18.5 Å². The van der Waals surface area contributed by atoms with E-state index in [0.29, 0.717) is 11.4 Å². The highest BCUT2D eigenvalue weighted by Crippen LogP contribution is 2.18. The van der Waals surface area contributed by atoms with E-state index in [1.54, 1.807) is 12.1 Å². The van der Waals surface area contributed by atoms with E-state index in [9.17, 15) is 4.39 Å². The van der Waals surface area contributed by atoms with Crippen molar-refractivity contribution in [3.63, 3.8) is 0 Å². The second-order valence-corrected chi connectivity index (χ2v) is 5.94. The minimum absolute atomic E-state index is 0.225. The molecular formula is C15H19FN4OS. The van der Waals surface area contributed by atoms with Crippen molar-refractivity contribution in [1.82, 2.24) is 19.2 Å². The van der Waals surface area contributed by atoms with Gasteiger partial charge < -0.3 is 9.30 Å². The summed E-state index contributed by atoms with van der Waals surface area (Å²) in [5.41, 5.74) is 0.851. The van der Waals surface area contributed by atoms with Crippen LogP contribution in [0.1, 0.15) is 6.92 Å². The van der Waals surface area contributed by atoms with Crippen molar-refractivity contribution in [3.05, 3.63) is 34.9 Å². The molecule has 1 saturated heterocycles. The van der Waals surface area contributed by atoms with Crippen LogP contribution in [0.4, 0.5) is 4.39 Å². The van der Waals surface area contributed by atoms with Crippen LogP contribution >= 0.6 is 12.2 Å². The van der Waals surface area contributed by atoms with Gasteiger partial charge in [0.15, 0.2) is 10.6 Å². The fraction of sp³-hybridized carbons (Fsp3) is 0.467. The summed E-state index contributed by atoms with van der Waals surface area (Å²) in [5, 5.41) is 4.60. The third kappa shape index (κ3) is 3.11. The maximum absolute atomic E-state index is 13.1. The second-order valence-electron chi connectivity index (χ2n) is 5.57. The van der Waals surface area contributed by atoms with E-state index < -0.39 is 0 Å². The van der Waals surface area contributed by atoms with E-state index in [0.717, 1.165) is 31.1 Å². The van der Waals surface area contributed by atoms with Crippen molar-refractivity contribution in [2.45, 2.75) is 19.7 Å². The second kappa shape index (κ2) is 6.28. The first-order chi connectivity index (χ1) is 10.5. The fourth-order valence-electron chi connectivity index (χ4n) is 2.64. The number of morpholine rings is 1. The van der Waals surface area contributed by atoms with Gasteiger partial charge >= 0.3 is 0 Å². The molecule has 1 atom stereocenters. The minimum atomic E-state index is -0.258. The summed E-state index contributed by atoms with van der Waals surface area (Å²) in [6.07, 6.45) is 0.225. The van der Waals surface area contributed by atoms with Gasteiger partial charge in [-0.3, -0.25) is 4.90 Å². The van der Waals surface area contributed by atoms with Gasteiger partial charge in [-0.25, -0.2) is 9.07 Å². The first kappa shape index (κ1) is 15.3. The largest absolute Gasteiger partial charge is 0.376 e. The molecule has 7 heteroatoms. The number of rotatable bonds is 3. The molecule has 0 bridgehead atoms. The first-order valence-electron chi connectivity index (χ1n) is 7.28. The molecule has 0 aliphatic carbocycles. The molecule has 118 valence electrons. The molecule has 1 aliphatic rings. The smallest absolute Gasteiger partial charge is 0.199 e. The molecule has 0 saturated carbocycles. The molecule has 1 aliphatic heterocycles. The zero-order valence-corrected chi connectivity index (χ0v) is 13.5. The van der Waals surface area contributed by atoms with Crippen LogP contribution in [0.3, 0.4) is 0 Å². The fourth-order valence-corrected chi connectivity index (χ4v) is 2.82. The van der Waals surface area contributed by atoms with E-state index in [4.69, 9.17) is 17.0 Å². The number of hydrogen-bond donors (Lipinski definition) is 0. The molecular weight excluding hydrogens is 303 g/mol. The topological polar surface area (TPSA) is 35.2 Å². The van der Waals surface area contributed by atoms with Gasteiger partial charge in [-0.05, 0) is 43.4 Å². The lowest BCUT2D eigenvalue weighted by Gasteiger charge is -2.30. The summed E-state index contributed by atoms with van der Waals surface area (Å²) < 4.78 is 22.9. The molecule has 22 heavy (non-hydrogen) atoms. The molecule has 0 N–H and O–H groups in total. The van der Waals surface area contributed by atoms with Crippen molar-refractivity contribution in [2.75, 3.05) is 19.7 Å². The minimum Gasteiger partial charge on any atom is -0.376 e. The van der Waals surface area contributed by atoms with Crippen LogP contribution in [0.2, 0.25) is 0 Å². The molecule has 5 nitrogen and oxygen atoms in total. The Morgan fingerprint density at radius 1 is 1.36 bits per heavy atom. The quantitative estimate of drug-likeness (QED) is 0.813. The number of benzene rings is 1. The Balaban J connectivity index is 1.86. The van der Waals surface area contributed by atoms with Crippen LogP contribution in [0.15, 0.2) is 24.3 Å². The Morgan fingerprint density at radius 2 is 2.09 bits per heavy atom. The van der Waals surface area contributed by atoms with Crippen LogP contribution in [0, 0.1) is 10.6 Å². The number of aromatic nitrogens is 3. The highest BCUT2D eigenvalue weighted by atomic mass is 32.1. The monoisotopic (exact) mass is 322 g/mol. The van der Waals surface area contributed by atoms with Crippen molar-refractivity contribution in [1.29, 1.82) is 0 Å². The Kier molecular flexibility index (Phi) is 4.37. The Bertz CT molecular complexity index is 709. The third-order valence-electron chi connectivity index (χ3n) is 3.80. The average Bonchev–Trinajstić information content (AvgIpc) is 2.77. The summed E-state index contributed by atoms with van der Waals surface area (Å²) in [5.74, 6) is 0.484. The third-order valence-corrected chi connectivity index (χ3v) is 4.29. The van der Waals surface area contributed by atoms with Crippen LogP contribution in [0.25, 0.3) is 11.4 Å². The van der Waals surface area contributed by atoms with Gasteiger partial charge in [0.2, 0.25) is 0 Å². The summed E-state index contributed by atoms with van der Waals surface area (Å²) in [4.78, 5) is 2.27. The lowest BCUT2D eigenvalue weighted by Crippen LogP contribution is -2.42. The Morgan fingerprint density at radius 3 is 2.77 bits per heavy atom. The molecule has 0 amide bonds. The standard InChI is InChI=1S/C15H19FN4OS/c1-11-9-19(7-8-21-11)10-20-15(22)18(2)14(17-20)12-3-5-13(16)6-4-12/h3-6,11H,7-10H2,1-2H3/t11-/m1/s1. The van der Waals surface area contributed by atoms with Crippen molar-refractivity contribution < 1.29 is 9.13 Å². The van der Waals surface area contributed by atoms with E-state index >= 15 is 0 Å². The van der Waals surface area contributed by atoms with Crippen LogP contribution in [-0.4, -0.2) is 45.0 Å². The average molecular weight is 322 g/mol. The summed E-state index contributed by atoms with van der Waals surface area (Å²) in [6, 6.07) is 6.29. The predicted octanol–water partition coefficient (Wildman–Crippen LogP) is 2.44. The van der Waals surface area contributed by atoms with Gasteiger partial charge in [-0.1, -0.05) is 0 Å². The molecule has 0 spiro atoms. The van der Waals surface area contributed by atoms with Crippen LogP contribution < -0.4 is 0 Å². The lowest BCUT2D eigenvalue weighted by molar-refractivity contribution is -0.0307. The summed E-state index contributed by atoms with van der Waals surface area (Å²) in [6.45, 7) is 5.17. The van der Waals surface area contributed by atoms with Crippen molar-refractivity contribution in [3.8, 4) is 11.4 Å². The van der Waals surface area contributed by atoms with Gasteiger partial charge in [0.05, 0.1) is 19.4 Å². The zero-order chi connectivity index (χ0) is 15.7. The molecule has 0 unspecified atom stereocenters. The highest BCUT2D eigenvalue weighted by Gasteiger charge is 2.18. The summed E-state index contributed by atoms with van der Waals surface area (Å²) >= 11 is 5.47. The number of ether oxygens (including phenoxy) is 1. The van der Waals surface area contributed by atoms with Gasteiger partial charge in [0.1, 0.15) is 5.82 Å². The zero-order valence-electron chi connectivity index (χ0n) is 12.7. The van der Waals surface area contributed by atoms with Crippen molar-refractivity contribution >= 4 is 12.2 Å². The highest BCUT2D eigenvalue weighted by molar-refractivity contribution is 7.71. The van der Waals surface area contributed by atoms with Gasteiger partial charge in [0, 0.05) is 25.7 Å². The lowest BCUT2D eigenvalue weighted by atomic mass is 10.2. The molecule has 1 aromatic heterocycles. The maximum atomic E-state index is 13.1. The first-order valence-corrected chi connectivity index (χ1v) is 7.69. The number of nitrogens with zero attached hydrogens (tertiary/aromatic N) is 4. The van der Waals surface area contributed by atoms with Gasteiger partial charge in [-0.2, -0.15) is 5.10 Å². The number of halogens is 1. The van der Waals surface area contributed by atoms with E-state index in [1.165, 1.54) is 12.1 Å². The molecule has 3 rings (SSSR count). The predicted molar refractivity (Wildman–Crippen MR) is 84.4 cm³/mol. The SMILES string of the molecule is C[C@@H]1CN(Cn2nc(-c3ccc(F)cc3)n(C)c2=S)CCO1. The molecule has 1 aromatic carbocycles. The maximum Gasteiger partial charge on any atom is 0.199 e.